The summed E-state index contributed by atoms with van der Waals surface area (Å²) in [6, 6.07) is 7.87. The molecule has 0 spiro atoms. The molecule has 2 bridgehead atoms. The molecule has 31 heavy (non-hydrogen) atoms. The largest absolute Gasteiger partial charge is 0.491 e. The van der Waals surface area contributed by atoms with Crippen LogP contribution in [0, 0.1) is 24.6 Å². The van der Waals surface area contributed by atoms with Gasteiger partial charge in [0.2, 0.25) is 0 Å². The topological polar surface area (TPSA) is 68.2 Å². The highest BCUT2D eigenvalue weighted by atomic mass is 32.1. The van der Waals surface area contributed by atoms with Crippen LogP contribution in [0.1, 0.15) is 35.3 Å². The summed E-state index contributed by atoms with van der Waals surface area (Å²) < 4.78 is 19.2. The van der Waals surface area contributed by atoms with E-state index in [1.807, 2.05) is 11.8 Å². The number of nitrogens with zero attached hydrogens (tertiary/aromatic N) is 4. The zero-order chi connectivity index (χ0) is 21.5. The minimum absolute atomic E-state index is 0.0680. The summed E-state index contributed by atoms with van der Waals surface area (Å²) in [5, 5.41) is 0.807. The Kier molecular flexibility index (Phi) is 5.17. The zero-order valence-corrected chi connectivity index (χ0v) is 18.2. The first-order chi connectivity index (χ1) is 15.0. The quantitative estimate of drug-likeness (QED) is 0.592. The maximum atomic E-state index is 13.8. The number of rotatable bonds is 5. The van der Waals surface area contributed by atoms with Gasteiger partial charge in [0.25, 0.3) is 5.91 Å². The first-order valence-electron chi connectivity index (χ1n) is 10.5. The van der Waals surface area contributed by atoms with Crippen molar-refractivity contribution < 1.29 is 13.9 Å². The van der Waals surface area contributed by atoms with Gasteiger partial charge < -0.3 is 9.64 Å². The average Bonchev–Trinajstić information content (AvgIpc) is 3.14. The van der Waals surface area contributed by atoms with Crippen molar-refractivity contribution >= 4 is 17.2 Å². The van der Waals surface area contributed by atoms with E-state index in [-0.39, 0.29) is 23.8 Å². The van der Waals surface area contributed by atoms with Crippen molar-refractivity contribution in [3.8, 4) is 16.5 Å². The fourth-order valence-electron chi connectivity index (χ4n) is 4.65. The summed E-state index contributed by atoms with van der Waals surface area (Å²) in [6.07, 6.45) is 5.37. The van der Waals surface area contributed by atoms with E-state index in [2.05, 4.69) is 21.9 Å². The smallest absolute Gasteiger partial charge is 0.274 e. The normalized spacial score (nSPS) is 24.5. The Balaban J connectivity index is 1.43. The van der Waals surface area contributed by atoms with Crippen molar-refractivity contribution in [3.05, 3.63) is 59.2 Å². The Morgan fingerprint density at radius 1 is 1.23 bits per heavy atom. The van der Waals surface area contributed by atoms with Gasteiger partial charge >= 0.3 is 0 Å². The molecule has 160 valence electrons. The van der Waals surface area contributed by atoms with E-state index in [1.54, 1.807) is 30.6 Å². The highest BCUT2D eigenvalue weighted by molar-refractivity contribution is 7.15. The number of halogens is 1. The van der Waals surface area contributed by atoms with Crippen LogP contribution in [0.3, 0.4) is 0 Å². The van der Waals surface area contributed by atoms with Crippen LogP contribution >= 0.6 is 11.3 Å². The number of thiazole rings is 1. The molecule has 2 aliphatic heterocycles. The van der Waals surface area contributed by atoms with Crippen LogP contribution in [0.5, 0.6) is 5.75 Å². The van der Waals surface area contributed by atoms with Crippen LogP contribution < -0.4 is 4.74 Å². The molecule has 1 saturated carbocycles. The van der Waals surface area contributed by atoms with Gasteiger partial charge in [0.05, 0.1) is 11.0 Å². The predicted molar refractivity (Wildman–Crippen MR) is 115 cm³/mol. The minimum atomic E-state index is -0.300. The van der Waals surface area contributed by atoms with E-state index in [0.29, 0.717) is 40.6 Å². The van der Waals surface area contributed by atoms with E-state index in [1.165, 1.54) is 23.5 Å². The number of hydrogen-bond donors (Lipinski definition) is 0. The summed E-state index contributed by atoms with van der Waals surface area (Å²) in [7, 11) is 0. The fourth-order valence-corrected chi connectivity index (χ4v) is 5.51. The number of fused-ring (bicyclic) bond motifs is 2. The number of amides is 1. The summed E-state index contributed by atoms with van der Waals surface area (Å²) in [6.45, 7) is 4.44. The molecular formula is C23H23FN4O2S. The van der Waals surface area contributed by atoms with Crippen LogP contribution in [-0.2, 0) is 0 Å². The van der Waals surface area contributed by atoms with Crippen molar-refractivity contribution in [2.45, 2.75) is 38.8 Å². The number of hydrogen-bond acceptors (Lipinski definition) is 6. The SMILES string of the molecule is Cc1nc(C(=O)N2C3CC(C3)[C@@H](C)C2COc2ccc(F)cc2)c(-c2ncccn2)s1. The maximum Gasteiger partial charge on any atom is 0.274 e. The lowest BCUT2D eigenvalue weighted by molar-refractivity contribution is -0.0672. The van der Waals surface area contributed by atoms with Crippen LogP contribution in [0.15, 0.2) is 42.7 Å². The number of piperidine rings is 2. The van der Waals surface area contributed by atoms with E-state index >= 15 is 0 Å². The second-order valence-electron chi connectivity index (χ2n) is 8.27. The molecule has 1 aromatic carbocycles. The lowest BCUT2D eigenvalue weighted by atomic mass is 9.64. The van der Waals surface area contributed by atoms with Crippen LogP contribution in [0.4, 0.5) is 4.39 Å². The second kappa shape index (κ2) is 8.00. The second-order valence-corrected chi connectivity index (χ2v) is 9.48. The van der Waals surface area contributed by atoms with Gasteiger partial charge in [-0.2, -0.15) is 0 Å². The Morgan fingerprint density at radius 2 is 1.94 bits per heavy atom. The molecule has 2 aromatic heterocycles. The highest BCUT2D eigenvalue weighted by Crippen LogP contribution is 2.47. The summed E-state index contributed by atoms with van der Waals surface area (Å²) in [4.78, 5) is 29.7. The average molecular weight is 439 g/mol. The number of aromatic nitrogens is 3. The first-order valence-corrected chi connectivity index (χ1v) is 11.3. The molecule has 6 rings (SSSR count). The molecule has 8 heteroatoms. The molecular weight excluding hydrogens is 415 g/mol. The third-order valence-electron chi connectivity index (χ3n) is 6.43. The molecule has 6 nitrogen and oxygen atoms in total. The van der Waals surface area contributed by atoms with Crippen LogP contribution in [0.25, 0.3) is 10.7 Å². The maximum absolute atomic E-state index is 13.8. The fraction of sp³-hybridized carbons (Fsp3) is 0.391. The van der Waals surface area contributed by atoms with Crippen LogP contribution in [0.2, 0.25) is 0 Å². The molecule has 3 aliphatic rings. The van der Waals surface area contributed by atoms with Gasteiger partial charge in [-0.1, -0.05) is 6.92 Å². The van der Waals surface area contributed by atoms with E-state index in [0.717, 1.165) is 17.8 Å². The predicted octanol–water partition coefficient (Wildman–Crippen LogP) is 4.37. The van der Waals surface area contributed by atoms with Crippen molar-refractivity contribution in [1.82, 2.24) is 19.9 Å². The molecule has 2 saturated heterocycles. The molecule has 0 radical (unpaired) electrons. The molecule has 4 heterocycles. The zero-order valence-electron chi connectivity index (χ0n) is 17.4. The van der Waals surface area contributed by atoms with Crippen molar-refractivity contribution in [2.75, 3.05) is 6.61 Å². The Morgan fingerprint density at radius 3 is 2.65 bits per heavy atom. The number of carbonyl (C=O) groups is 1. The van der Waals surface area contributed by atoms with Gasteiger partial charge in [-0.15, -0.1) is 11.3 Å². The summed E-state index contributed by atoms with van der Waals surface area (Å²) in [5.74, 6) is 1.64. The molecule has 3 fully saturated rings. The summed E-state index contributed by atoms with van der Waals surface area (Å²) >= 11 is 1.44. The van der Waals surface area contributed by atoms with Gasteiger partial charge in [-0.25, -0.2) is 19.3 Å². The van der Waals surface area contributed by atoms with Crippen molar-refractivity contribution in [3.63, 3.8) is 0 Å². The van der Waals surface area contributed by atoms with E-state index < -0.39 is 0 Å². The molecule has 3 aromatic rings. The Labute approximate surface area is 184 Å². The van der Waals surface area contributed by atoms with Crippen molar-refractivity contribution in [2.24, 2.45) is 11.8 Å². The van der Waals surface area contributed by atoms with Gasteiger partial charge in [0.15, 0.2) is 11.5 Å². The van der Waals surface area contributed by atoms with Gasteiger partial charge in [-0.3, -0.25) is 4.79 Å². The monoisotopic (exact) mass is 438 g/mol. The first kappa shape index (κ1) is 20.1. The molecule has 0 N–H and O–H groups in total. The van der Waals surface area contributed by atoms with Gasteiger partial charge in [0.1, 0.15) is 23.1 Å². The Bertz CT molecular complexity index is 1080. The lowest BCUT2D eigenvalue weighted by Gasteiger charge is -2.57. The number of benzene rings is 1. The minimum Gasteiger partial charge on any atom is -0.491 e. The standard InChI is InChI=1S/C23H23FN4O2S/c1-13-15-10-17(11-15)28(19(13)12-30-18-6-4-16(24)5-7-18)23(29)20-21(31-14(2)27-20)22-25-8-3-9-26-22/h3-9,13,15,17,19H,10-12H2,1-2H3/t13-,15?,17?,19?/m1/s1. The van der Waals surface area contributed by atoms with Crippen LogP contribution in [-0.4, -0.2) is 44.4 Å². The third kappa shape index (κ3) is 3.69. The lowest BCUT2D eigenvalue weighted by Crippen LogP contribution is -2.64. The molecule has 1 unspecified atom stereocenters. The van der Waals surface area contributed by atoms with Crippen molar-refractivity contribution in [1.29, 1.82) is 0 Å². The van der Waals surface area contributed by atoms with Gasteiger partial charge in [0, 0.05) is 18.4 Å². The molecule has 2 atom stereocenters. The number of ether oxygens (including phenoxy) is 1. The van der Waals surface area contributed by atoms with E-state index in [9.17, 15) is 9.18 Å². The summed E-state index contributed by atoms with van der Waals surface area (Å²) in [5.41, 5.74) is 0.415. The third-order valence-corrected chi connectivity index (χ3v) is 7.39. The highest BCUT2D eigenvalue weighted by Gasteiger charge is 2.51. The van der Waals surface area contributed by atoms with E-state index in [4.69, 9.17) is 4.74 Å². The number of aryl methyl sites for hydroxylation is 1. The Hall–Kier alpha value is -2.87. The molecule has 1 amide bonds. The van der Waals surface area contributed by atoms with Gasteiger partial charge in [-0.05, 0) is 61.9 Å². The number of carbonyl (C=O) groups excluding carboxylic acids is 1. The molecule has 1 aliphatic carbocycles.